The third-order valence-corrected chi connectivity index (χ3v) is 6.50. The molecule has 3 fully saturated rings. The van der Waals surface area contributed by atoms with Crippen molar-refractivity contribution < 1.29 is 5.11 Å². The number of hydrogen-bond acceptors (Lipinski definition) is 2. The highest BCUT2D eigenvalue weighted by Crippen LogP contribution is 2.48. The first-order valence-electron chi connectivity index (χ1n) is 9.05. The number of rotatable bonds is 3. The Morgan fingerprint density at radius 3 is 2.30 bits per heavy atom. The average Bonchev–Trinajstić information content (AvgIpc) is 2.87. The van der Waals surface area contributed by atoms with E-state index in [1.807, 2.05) is 0 Å². The molecule has 0 bridgehead atoms. The molecule has 116 valence electrons. The number of hydrogen-bond donors (Lipinski definition) is 2. The van der Waals surface area contributed by atoms with Crippen LogP contribution in [0.2, 0.25) is 0 Å². The molecule has 20 heavy (non-hydrogen) atoms. The molecule has 1 spiro atoms. The monoisotopic (exact) mass is 279 g/mol. The van der Waals surface area contributed by atoms with E-state index in [0.29, 0.717) is 12.0 Å². The Morgan fingerprint density at radius 1 is 0.950 bits per heavy atom. The van der Waals surface area contributed by atoms with Crippen LogP contribution in [0.3, 0.4) is 0 Å². The Hall–Kier alpha value is -0.0800. The van der Waals surface area contributed by atoms with Gasteiger partial charge in [-0.15, -0.1) is 0 Å². The number of nitrogens with one attached hydrogen (secondary N) is 1. The molecule has 2 N–H and O–H groups in total. The SMILES string of the molecule is CC1CCCC(O)(CNC2CCC3(CCCC3)CC2)C1. The van der Waals surface area contributed by atoms with Crippen LogP contribution in [0.1, 0.15) is 84.0 Å². The van der Waals surface area contributed by atoms with E-state index in [1.165, 1.54) is 64.2 Å². The summed E-state index contributed by atoms with van der Waals surface area (Å²) in [5, 5.41) is 14.4. The zero-order valence-corrected chi connectivity index (χ0v) is 13.3. The third kappa shape index (κ3) is 3.39. The highest BCUT2D eigenvalue weighted by Gasteiger charge is 2.38. The van der Waals surface area contributed by atoms with Gasteiger partial charge < -0.3 is 10.4 Å². The van der Waals surface area contributed by atoms with Crippen LogP contribution in [-0.4, -0.2) is 23.3 Å². The molecular weight excluding hydrogens is 246 g/mol. The van der Waals surface area contributed by atoms with E-state index in [0.717, 1.165) is 24.8 Å². The van der Waals surface area contributed by atoms with Crippen LogP contribution in [-0.2, 0) is 0 Å². The van der Waals surface area contributed by atoms with Crippen LogP contribution >= 0.6 is 0 Å². The fraction of sp³-hybridized carbons (Fsp3) is 1.00. The van der Waals surface area contributed by atoms with Gasteiger partial charge in [-0.05, 0) is 62.7 Å². The molecule has 3 aliphatic rings. The molecule has 3 saturated carbocycles. The average molecular weight is 279 g/mol. The van der Waals surface area contributed by atoms with Crippen molar-refractivity contribution in [2.24, 2.45) is 11.3 Å². The molecule has 0 aromatic rings. The molecule has 2 unspecified atom stereocenters. The van der Waals surface area contributed by atoms with Gasteiger partial charge in [0.2, 0.25) is 0 Å². The molecule has 2 atom stereocenters. The van der Waals surface area contributed by atoms with Crippen molar-refractivity contribution in [2.45, 2.75) is 95.6 Å². The van der Waals surface area contributed by atoms with E-state index in [4.69, 9.17) is 0 Å². The second kappa shape index (κ2) is 5.96. The summed E-state index contributed by atoms with van der Waals surface area (Å²) in [6, 6.07) is 0.669. The summed E-state index contributed by atoms with van der Waals surface area (Å²) >= 11 is 0. The van der Waals surface area contributed by atoms with E-state index < -0.39 is 5.60 Å². The van der Waals surface area contributed by atoms with E-state index in [1.54, 1.807) is 0 Å². The number of aliphatic hydroxyl groups is 1. The molecule has 0 aromatic carbocycles. The van der Waals surface area contributed by atoms with Gasteiger partial charge in [-0.2, -0.15) is 0 Å². The van der Waals surface area contributed by atoms with Crippen LogP contribution in [0.15, 0.2) is 0 Å². The standard InChI is InChI=1S/C18H33NO/c1-15-5-4-10-18(20,13-15)14-19-16-6-11-17(12-7-16)8-2-3-9-17/h15-16,19-20H,2-14H2,1H3. The van der Waals surface area contributed by atoms with Gasteiger partial charge in [0, 0.05) is 12.6 Å². The van der Waals surface area contributed by atoms with E-state index in [9.17, 15) is 5.11 Å². The Labute approximate surface area is 124 Å². The van der Waals surface area contributed by atoms with Gasteiger partial charge in [-0.25, -0.2) is 0 Å². The minimum atomic E-state index is -0.417. The van der Waals surface area contributed by atoms with Crippen LogP contribution in [0, 0.1) is 11.3 Å². The van der Waals surface area contributed by atoms with E-state index in [-0.39, 0.29) is 0 Å². The zero-order valence-electron chi connectivity index (χ0n) is 13.3. The van der Waals surface area contributed by atoms with Crippen molar-refractivity contribution in [3.05, 3.63) is 0 Å². The lowest BCUT2D eigenvalue weighted by atomic mass is 9.71. The molecule has 0 aliphatic heterocycles. The molecule has 0 amide bonds. The van der Waals surface area contributed by atoms with Crippen molar-refractivity contribution in [2.75, 3.05) is 6.54 Å². The van der Waals surface area contributed by atoms with Crippen LogP contribution < -0.4 is 5.32 Å². The van der Waals surface area contributed by atoms with Gasteiger partial charge in [-0.3, -0.25) is 0 Å². The summed E-state index contributed by atoms with van der Waals surface area (Å²) < 4.78 is 0. The van der Waals surface area contributed by atoms with Crippen molar-refractivity contribution >= 4 is 0 Å². The smallest absolute Gasteiger partial charge is 0.0774 e. The predicted octanol–water partition coefficient (Wildman–Crippen LogP) is 4.02. The van der Waals surface area contributed by atoms with Gasteiger partial charge in [0.15, 0.2) is 0 Å². The maximum atomic E-state index is 10.7. The molecule has 2 nitrogen and oxygen atoms in total. The lowest BCUT2D eigenvalue weighted by Crippen LogP contribution is -2.48. The summed E-state index contributed by atoms with van der Waals surface area (Å²) in [5.74, 6) is 0.698. The largest absolute Gasteiger partial charge is 0.389 e. The van der Waals surface area contributed by atoms with Crippen LogP contribution in [0.5, 0.6) is 0 Å². The summed E-state index contributed by atoms with van der Waals surface area (Å²) in [6.07, 6.45) is 15.9. The van der Waals surface area contributed by atoms with Crippen LogP contribution in [0.4, 0.5) is 0 Å². The Bertz CT molecular complexity index is 313. The summed E-state index contributed by atoms with van der Waals surface area (Å²) in [4.78, 5) is 0. The maximum Gasteiger partial charge on any atom is 0.0774 e. The Kier molecular flexibility index (Phi) is 4.42. The van der Waals surface area contributed by atoms with Crippen LogP contribution in [0.25, 0.3) is 0 Å². The zero-order chi connectivity index (χ0) is 14.1. The maximum absolute atomic E-state index is 10.7. The van der Waals surface area contributed by atoms with Gasteiger partial charge in [0.1, 0.15) is 0 Å². The minimum Gasteiger partial charge on any atom is -0.389 e. The molecule has 0 radical (unpaired) electrons. The summed E-state index contributed by atoms with van der Waals surface area (Å²) in [7, 11) is 0. The second-order valence-corrected chi connectivity index (χ2v) is 8.29. The third-order valence-electron chi connectivity index (χ3n) is 6.50. The topological polar surface area (TPSA) is 32.3 Å². The molecule has 3 rings (SSSR count). The minimum absolute atomic E-state index is 0.417. The highest BCUT2D eigenvalue weighted by molar-refractivity contribution is 4.93. The normalized spacial score (nSPS) is 38.4. The first kappa shape index (κ1) is 14.8. The van der Waals surface area contributed by atoms with Gasteiger partial charge in [0.25, 0.3) is 0 Å². The lowest BCUT2D eigenvalue weighted by molar-refractivity contribution is -0.0156. The first-order chi connectivity index (χ1) is 9.59. The fourth-order valence-corrected chi connectivity index (χ4v) is 5.19. The molecule has 3 aliphatic carbocycles. The van der Waals surface area contributed by atoms with E-state index >= 15 is 0 Å². The quantitative estimate of drug-likeness (QED) is 0.818. The highest BCUT2D eigenvalue weighted by atomic mass is 16.3. The van der Waals surface area contributed by atoms with Gasteiger partial charge in [0.05, 0.1) is 5.60 Å². The first-order valence-corrected chi connectivity index (χ1v) is 9.05. The van der Waals surface area contributed by atoms with E-state index in [2.05, 4.69) is 12.2 Å². The molecular formula is C18H33NO. The Morgan fingerprint density at radius 2 is 1.65 bits per heavy atom. The molecule has 2 heteroatoms. The summed E-state index contributed by atoms with van der Waals surface area (Å²) in [5.41, 5.74) is 0.314. The molecule has 0 saturated heterocycles. The lowest BCUT2D eigenvalue weighted by Gasteiger charge is -2.40. The molecule has 0 aromatic heterocycles. The molecule has 0 heterocycles. The van der Waals surface area contributed by atoms with Gasteiger partial charge in [-0.1, -0.05) is 32.6 Å². The Balaban J connectivity index is 1.43. The predicted molar refractivity (Wildman–Crippen MR) is 83.7 cm³/mol. The van der Waals surface area contributed by atoms with Crippen molar-refractivity contribution in [1.82, 2.24) is 5.32 Å². The van der Waals surface area contributed by atoms with Crippen molar-refractivity contribution in [1.29, 1.82) is 0 Å². The second-order valence-electron chi connectivity index (χ2n) is 8.29. The van der Waals surface area contributed by atoms with Crippen molar-refractivity contribution in [3.8, 4) is 0 Å². The summed E-state index contributed by atoms with van der Waals surface area (Å²) in [6.45, 7) is 3.11. The van der Waals surface area contributed by atoms with Gasteiger partial charge >= 0.3 is 0 Å². The van der Waals surface area contributed by atoms with Crippen molar-refractivity contribution in [3.63, 3.8) is 0 Å². The fourth-order valence-electron chi connectivity index (χ4n) is 5.19.